The molecule has 0 aliphatic carbocycles. The molecule has 1 fully saturated rings. The molecule has 0 saturated carbocycles. The maximum atomic E-state index is 15.1. The Hall–Kier alpha value is -7.74. The van der Waals surface area contributed by atoms with Gasteiger partial charge in [-0.2, -0.15) is 0 Å². The van der Waals surface area contributed by atoms with Crippen LogP contribution in [0.25, 0.3) is 65.9 Å². The second-order valence-electron chi connectivity index (χ2n) is 14.6. The van der Waals surface area contributed by atoms with Crippen molar-refractivity contribution in [2.24, 2.45) is 5.73 Å². The highest BCUT2D eigenvalue weighted by Crippen LogP contribution is 2.40. The maximum absolute atomic E-state index is 15.1. The molecule has 14 heteroatoms. The fourth-order valence-electron chi connectivity index (χ4n) is 8.20. The van der Waals surface area contributed by atoms with Crippen LogP contribution in [-0.4, -0.2) is 71.0 Å². The van der Waals surface area contributed by atoms with Crippen molar-refractivity contribution in [1.82, 2.24) is 14.9 Å². The molecule has 0 unspecified atom stereocenters. The Balaban J connectivity index is 1.22. The molecule has 3 heterocycles. The van der Waals surface area contributed by atoms with Gasteiger partial charge in [0.15, 0.2) is 23.1 Å². The molecule has 1 saturated heterocycles. The minimum atomic E-state index is -1.34. The number of nitrogens with zero attached hydrogens (tertiary/aromatic N) is 1. The second-order valence-corrected chi connectivity index (χ2v) is 14.6. The van der Waals surface area contributed by atoms with Crippen LogP contribution < -0.4 is 20.5 Å². The number of fused-ring (bicyclic) bond motifs is 6. The number of benzene rings is 6. The van der Waals surface area contributed by atoms with Crippen molar-refractivity contribution in [2.45, 2.75) is 12.8 Å². The summed E-state index contributed by atoms with van der Waals surface area (Å²) in [7, 11) is 2.70. The molecule has 3 amide bonds. The first-order valence-corrected chi connectivity index (χ1v) is 19.0. The van der Waals surface area contributed by atoms with Crippen LogP contribution in [-0.2, 0) is 0 Å². The van der Waals surface area contributed by atoms with E-state index < -0.39 is 29.4 Å². The number of carboxylic acids is 1. The maximum Gasteiger partial charge on any atom is 0.337 e. The number of nitrogens with two attached hydrogens (primary N) is 1. The van der Waals surface area contributed by atoms with Crippen molar-refractivity contribution in [1.29, 1.82) is 0 Å². The lowest BCUT2D eigenvalue weighted by Gasteiger charge is -2.15. The smallest absolute Gasteiger partial charge is 0.337 e. The molecule has 2 aromatic heterocycles. The quantitative estimate of drug-likeness (QED) is 0.0966. The molecule has 0 spiro atoms. The van der Waals surface area contributed by atoms with Gasteiger partial charge in [-0.25, -0.2) is 13.6 Å². The van der Waals surface area contributed by atoms with Gasteiger partial charge in [-0.1, -0.05) is 24.3 Å². The Kier molecular flexibility index (Phi) is 9.19. The number of halogens is 2. The molecule has 0 atom stereocenters. The summed E-state index contributed by atoms with van der Waals surface area (Å²) in [4.78, 5) is 62.0. The number of hydrogen-bond acceptors (Lipinski definition) is 6. The monoisotopic (exact) mass is 807 g/mol. The van der Waals surface area contributed by atoms with Gasteiger partial charge in [0, 0.05) is 45.7 Å². The number of primary amides is 1. The number of anilines is 1. The Morgan fingerprint density at radius 1 is 0.650 bits per heavy atom. The van der Waals surface area contributed by atoms with Crippen molar-refractivity contribution < 1.29 is 42.5 Å². The van der Waals surface area contributed by atoms with Crippen LogP contribution in [0.4, 0.5) is 14.5 Å². The molecule has 6 aromatic carbocycles. The zero-order valence-electron chi connectivity index (χ0n) is 32.2. The van der Waals surface area contributed by atoms with E-state index in [0.29, 0.717) is 73.5 Å². The largest absolute Gasteiger partial charge is 0.494 e. The number of nitrogens with one attached hydrogen (secondary N) is 3. The lowest BCUT2D eigenvalue weighted by atomic mass is 9.97. The van der Waals surface area contributed by atoms with Crippen LogP contribution in [0.15, 0.2) is 91.0 Å². The number of carbonyl (C=O) groups excluding carboxylic acids is 3. The van der Waals surface area contributed by atoms with E-state index in [1.807, 2.05) is 6.07 Å². The first kappa shape index (κ1) is 37.8. The summed E-state index contributed by atoms with van der Waals surface area (Å²) in [5.41, 5.74) is 9.33. The van der Waals surface area contributed by atoms with E-state index in [0.717, 1.165) is 12.8 Å². The first-order valence-electron chi connectivity index (χ1n) is 19.0. The lowest BCUT2D eigenvalue weighted by Crippen LogP contribution is -2.27. The Labute approximate surface area is 339 Å². The van der Waals surface area contributed by atoms with Gasteiger partial charge in [0.2, 0.25) is 0 Å². The second kappa shape index (κ2) is 14.6. The van der Waals surface area contributed by atoms with E-state index in [9.17, 15) is 28.7 Å². The highest BCUT2D eigenvalue weighted by atomic mass is 19.1. The molecule has 12 nitrogen and oxygen atoms in total. The van der Waals surface area contributed by atoms with Gasteiger partial charge >= 0.3 is 5.97 Å². The fourth-order valence-corrected chi connectivity index (χ4v) is 8.20. The zero-order chi connectivity index (χ0) is 42.0. The third kappa shape index (κ3) is 6.29. The topological polar surface area (TPSA) is 180 Å². The molecule has 300 valence electrons. The average Bonchev–Trinajstić information content (AvgIpc) is 4.00. The van der Waals surface area contributed by atoms with Crippen LogP contribution in [0.1, 0.15) is 54.3 Å². The number of hydrogen-bond donors (Lipinski definition) is 5. The van der Waals surface area contributed by atoms with Gasteiger partial charge < -0.3 is 40.5 Å². The van der Waals surface area contributed by atoms with Gasteiger partial charge in [-0.15, -0.1) is 0 Å². The predicted octanol–water partition coefficient (Wildman–Crippen LogP) is 8.87. The number of amides is 3. The summed E-state index contributed by atoms with van der Waals surface area (Å²) in [6, 6.07) is 23.5. The predicted molar refractivity (Wildman–Crippen MR) is 224 cm³/mol. The standard InChI is InChI=1S/C46H35F2N5O7/c1-59-37-11-6-22(19-34(37)47)25-16-31-28-9-10-29(46(57)58)42(41(28)51-39(31)32(17-25)43(49)54)52-44(55)33-18-26(23-7-12-38(60-2)35(48)20-23)15-30-27-8-5-24(21-36(27)50-40(30)33)45(56)53-13-3-4-14-53/h5-12,15-21,50-51H,3-4,13-14H2,1-2H3,(H2,49,54)(H,52,55)(H,57,58). The molecular formula is C46H35F2N5O7. The van der Waals surface area contributed by atoms with Gasteiger partial charge in [0.05, 0.1) is 53.1 Å². The number of aromatic nitrogens is 2. The van der Waals surface area contributed by atoms with Crippen molar-refractivity contribution in [3.8, 4) is 33.8 Å². The number of aromatic amines is 2. The van der Waals surface area contributed by atoms with Crippen molar-refractivity contribution in [3.05, 3.63) is 125 Å². The number of methoxy groups -OCH3 is 2. The summed E-state index contributed by atoms with van der Waals surface area (Å²) in [5.74, 6) is -4.12. The number of H-pyrrole nitrogens is 2. The van der Waals surface area contributed by atoms with E-state index in [1.165, 1.54) is 50.6 Å². The number of aromatic carboxylic acids is 1. The first-order chi connectivity index (χ1) is 28.9. The normalized spacial score (nSPS) is 12.8. The van der Waals surface area contributed by atoms with Gasteiger partial charge in [-0.05, 0) is 102 Å². The van der Waals surface area contributed by atoms with Crippen LogP contribution in [0.5, 0.6) is 11.5 Å². The summed E-state index contributed by atoms with van der Waals surface area (Å²) >= 11 is 0. The molecular weight excluding hydrogens is 773 g/mol. The number of carbonyl (C=O) groups is 4. The van der Waals surface area contributed by atoms with Crippen LogP contribution >= 0.6 is 0 Å². The number of ether oxygens (including phenoxy) is 2. The summed E-state index contributed by atoms with van der Waals surface area (Å²) < 4.78 is 40.1. The number of rotatable bonds is 9. The summed E-state index contributed by atoms with van der Waals surface area (Å²) in [5, 5.41) is 15.4. The van der Waals surface area contributed by atoms with Gasteiger partial charge in [0.1, 0.15) is 0 Å². The van der Waals surface area contributed by atoms with E-state index in [-0.39, 0.29) is 50.8 Å². The fraction of sp³-hybridized carbons (Fsp3) is 0.130. The minimum absolute atomic E-state index is 0.0347. The SMILES string of the molecule is COc1ccc(-c2cc(C(=O)Nc3c(C(=O)O)ccc4c3[nH]c3c(C(N)=O)cc(-c5ccc(OC)c(F)c5)cc34)c3[nH]c4cc(C(=O)N5CCCC5)ccc4c3c2)cc1F. The van der Waals surface area contributed by atoms with Gasteiger partial charge in [-0.3, -0.25) is 14.4 Å². The minimum Gasteiger partial charge on any atom is -0.494 e. The molecule has 8 aromatic rings. The zero-order valence-corrected chi connectivity index (χ0v) is 32.2. The van der Waals surface area contributed by atoms with Crippen LogP contribution in [0.3, 0.4) is 0 Å². The Bertz CT molecular complexity index is 3150. The molecule has 9 rings (SSSR count). The number of likely N-dealkylation sites (tertiary alicyclic amines) is 1. The van der Waals surface area contributed by atoms with Gasteiger partial charge in [0.25, 0.3) is 17.7 Å². The highest BCUT2D eigenvalue weighted by molar-refractivity contribution is 6.25. The highest BCUT2D eigenvalue weighted by Gasteiger charge is 2.26. The number of carboxylic acid groups (broad SMARTS) is 1. The van der Waals surface area contributed by atoms with E-state index >= 15 is 4.39 Å². The van der Waals surface area contributed by atoms with E-state index in [2.05, 4.69) is 15.3 Å². The molecule has 0 bridgehead atoms. The molecule has 1 aliphatic heterocycles. The Morgan fingerprint density at radius 2 is 1.23 bits per heavy atom. The van der Waals surface area contributed by atoms with Crippen LogP contribution in [0.2, 0.25) is 0 Å². The third-order valence-electron chi connectivity index (χ3n) is 11.2. The molecule has 1 aliphatic rings. The van der Waals surface area contributed by atoms with Crippen molar-refractivity contribution in [2.75, 3.05) is 32.6 Å². The van der Waals surface area contributed by atoms with E-state index in [4.69, 9.17) is 15.2 Å². The summed E-state index contributed by atoms with van der Waals surface area (Å²) in [6.07, 6.45) is 1.86. The molecule has 6 N–H and O–H groups in total. The Morgan fingerprint density at radius 3 is 1.82 bits per heavy atom. The lowest BCUT2D eigenvalue weighted by molar-refractivity contribution is 0.0697. The molecule has 0 radical (unpaired) electrons. The van der Waals surface area contributed by atoms with Crippen LogP contribution in [0, 0.1) is 11.6 Å². The van der Waals surface area contributed by atoms with Crippen molar-refractivity contribution in [3.63, 3.8) is 0 Å². The summed E-state index contributed by atoms with van der Waals surface area (Å²) in [6.45, 7) is 1.34. The molecule has 60 heavy (non-hydrogen) atoms. The third-order valence-corrected chi connectivity index (χ3v) is 11.2. The average molecular weight is 808 g/mol. The van der Waals surface area contributed by atoms with Crippen molar-refractivity contribution >= 4 is 73.0 Å². The van der Waals surface area contributed by atoms with E-state index in [1.54, 1.807) is 53.4 Å².